The first-order chi connectivity index (χ1) is 12.3. The van der Waals surface area contributed by atoms with E-state index in [1.165, 1.54) is 16.7 Å². The van der Waals surface area contributed by atoms with Gasteiger partial charge in [-0.15, -0.1) is 0 Å². The number of hydrogen-bond donors (Lipinski definition) is 1. The van der Waals surface area contributed by atoms with Gasteiger partial charge in [0.2, 0.25) is 6.79 Å². The number of fused-ring (bicyclic) bond motifs is 2. The first kappa shape index (κ1) is 16.3. The molecule has 4 heteroatoms. The van der Waals surface area contributed by atoms with E-state index in [-0.39, 0.29) is 0 Å². The molecular weight excluding hydrogens is 314 g/mol. The van der Waals surface area contributed by atoms with Crippen LogP contribution in [0.2, 0.25) is 0 Å². The minimum atomic E-state index is 0.310. The second-order valence-electron chi connectivity index (χ2n) is 6.71. The highest BCUT2D eigenvalue weighted by Crippen LogP contribution is 2.39. The van der Waals surface area contributed by atoms with Gasteiger partial charge >= 0.3 is 0 Å². The first-order valence-corrected chi connectivity index (χ1v) is 9.21. The summed E-state index contributed by atoms with van der Waals surface area (Å²) in [6.45, 7) is 4.29. The third kappa shape index (κ3) is 3.59. The fourth-order valence-corrected chi connectivity index (χ4v) is 3.51. The van der Waals surface area contributed by atoms with Crippen molar-refractivity contribution in [1.82, 2.24) is 5.32 Å². The summed E-state index contributed by atoms with van der Waals surface area (Å²) >= 11 is 0. The fraction of sp³-hybridized carbons (Fsp3) is 0.429. The highest BCUT2D eigenvalue weighted by Gasteiger charge is 2.25. The standard InChI is InChI=1S/C21H25NO3/c1-2-3-10-23-17-6-4-15(5-7-17)11-19-18-13-21-20(24-14-25-21)12-16(18)8-9-22-19/h4-7,12-13,19,22H,2-3,8-11,14H2,1H3. The Morgan fingerprint density at radius 2 is 1.92 bits per heavy atom. The topological polar surface area (TPSA) is 39.7 Å². The molecule has 0 saturated heterocycles. The van der Waals surface area contributed by atoms with E-state index < -0.39 is 0 Å². The Hall–Kier alpha value is -2.20. The zero-order valence-electron chi connectivity index (χ0n) is 14.7. The van der Waals surface area contributed by atoms with Gasteiger partial charge in [-0.05, 0) is 66.8 Å². The zero-order chi connectivity index (χ0) is 17.1. The van der Waals surface area contributed by atoms with Crippen LogP contribution in [0.15, 0.2) is 36.4 Å². The van der Waals surface area contributed by atoms with Crippen LogP contribution in [0.25, 0.3) is 0 Å². The van der Waals surface area contributed by atoms with Gasteiger partial charge in [-0.1, -0.05) is 25.5 Å². The van der Waals surface area contributed by atoms with E-state index in [2.05, 4.69) is 48.6 Å². The maximum Gasteiger partial charge on any atom is 0.231 e. The molecule has 0 spiro atoms. The Bertz CT molecular complexity index is 727. The maximum absolute atomic E-state index is 5.75. The molecule has 0 fully saturated rings. The van der Waals surface area contributed by atoms with Gasteiger partial charge in [0.15, 0.2) is 11.5 Å². The summed E-state index contributed by atoms with van der Waals surface area (Å²) < 4.78 is 16.8. The van der Waals surface area contributed by atoms with Gasteiger partial charge in [0.1, 0.15) is 5.75 Å². The summed E-state index contributed by atoms with van der Waals surface area (Å²) in [7, 11) is 0. The molecule has 132 valence electrons. The maximum atomic E-state index is 5.75. The Kier molecular flexibility index (Phi) is 4.79. The lowest BCUT2D eigenvalue weighted by molar-refractivity contribution is 0.174. The SMILES string of the molecule is CCCCOc1ccc(CC2NCCc3cc4c(cc32)OCO4)cc1. The number of hydrogen-bond acceptors (Lipinski definition) is 4. The molecule has 0 saturated carbocycles. The van der Waals surface area contributed by atoms with Gasteiger partial charge < -0.3 is 19.5 Å². The lowest BCUT2D eigenvalue weighted by Crippen LogP contribution is -2.31. The van der Waals surface area contributed by atoms with Crippen molar-refractivity contribution in [2.75, 3.05) is 19.9 Å². The molecule has 1 unspecified atom stereocenters. The number of unbranched alkanes of at least 4 members (excludes halogenated alkanes) is 1. The number of nitrogens with one attached hydrogen (secondary N) is 1. The molecule has 2 aromatic rings. The average molecular weight is 339 g/mol. The summed E-state index contributed by atoms with van der Waals surface area (Å²) in [6, 6.07) is 13.1. The van der Waals surface area contributed by atoms with Gasteiger partial charge in [-0.2, -0.15) is 0 Å². The molecule has 0 aromatic heterocycles. The zero-order valence-corrected chi connectivity index (χ0v) is 14.7. The molecular formula is C21H25NO3. The van der Waals surface area contributed by atoms with Crippen molar-refractivity contribution in [3.63, 3.8) is 0 Å². The predicted molar refractivity (Wildman–Crippen MR) is 97.6 cm³/mol. The first-order valence-electron chi connectivity index (χ1n) is 9.21. The van der Waals surface area contributed by atoms with E-state index in [9.17, 15) is 0 Å². The van der Waals surface area contributed by atoms with E-state index >= 15 is 0 Å². The predicted octanol–water partition coefficient (Wildman–Crippen LogP) is 4.02. The lowest BCUT2D eigenvalue weighted by Gasteiger charge is -2.27. The van der Waals surface area contributed by atoms with Gasteiger partial charge in [0.25, 0.3) is 0 Å². The molecule has 1 N–H and O–H groups in total. The fourth-order valence-electron chi connectivity index (χ4n) is 3.51. The molecule has 4 nitrogen and oxygen atoms in total. The Morgan fingerprint density at radius 3 is 2.72 bits per heavy atom. The Labute approximate surface area is 149 Å². The summed E-state index contributed by atoms with van der Waals surface area (Å²) in [5.41, 5.74) is 4.01. The number of benzene rings is 2. The summed E-state index contributed by atoms with van der Waals surface area (Å²) in [4.78, 5) is 0. The van der Waals surface area contributed by atoms with Gasteiger partial charge in [0, 0.05) is 6.04 Å². The molecule has 2 heterocycles. The molecule has 2 aliphatic rings. The van der Waals surface area contributed by atoms with Gasteiger partial charge in [0.05, 0.1) is 6.61 Å². The van der Waals surface area contributed by atoms with E-state index in [1.807, 2.05) is 0 Å². The normalized spacial score (nSPS) is 18.0. The summed E-state index contributed by atoms with van der Waals surface area (Å²) in [6.07, 6.45) is 4.25. The number of rotatable bonds is 6. The van der Waals surface area contributed by atoms with Crippen molar-refractivity contribution in [3.05, 3.63) is 53.1 Å². The smallest absolute Gasteiger partial charge is 0.231 e. The van der Waals surface area contributed by atoms with Crippen LogP contribution < -0.4 is 19.5 Å². The van der Waals surface area contributed by atoms with Crippen LogP contribution >= 0.6 is 0 Å². The molecule has 1 atom stereocenters. The van der Waals surface area contributed by atoms with Crippen molar-refractivity contribution in [2.45, 2.75) is 38.6 Å². The largest absolute Gasteiger partial charge is 0.494 e. The van der Waals surface area contributed by atoms with Gasteiger partial charge in [-0.25, -0.2) is 0 Å². The third-order valence-electron chi connectivity index (χ3n) is 4.92. The molecule has 0 amide bonds. The van der Waals surface area contributed by atoms with Crippen molar-refractivity contribution >= 4 is 0 Å². The second-order valence-corrected chi connectivity index (χ2v) is 6.71. The van der Waals surface area contributed by atoms with Crippen LogP contribution in [0.4, 0.5) is 0 Å². The molecule has 0 radical (unpaired) electrons. The third-order valence-corrected chi connectivity index (χ3v) is 4.92. The summed E-state index contributed by atoms with van der Waals surface area (Å²) in [5.74, 6) is 2.71. The van der Waals surface area contributed by atoms with Crippen molar-refractivity contribution in [1.29, 1.82) is 0 Å². The average Bonchev–Trinajstić information content (AvgIpc) is 3.09. The monoisotopic (exact) mass is 339 g/mol. The lowest BCUT2D eigenvalue weighted by atomic mass is 9.90. The Morgan fingerprint density at radius 1 is 1.12 bits per heavy atom. The molecule has 25 heavy (non-hydrogen) atoms. The Balaban J connectivity index is 1.47. The molecule has 4 rings (SSSR count). The minimum absolute atomic E-state index is 0.310. The van der Waals surface area contributed by atoms with E-state index in [0.29, 0.717) is 12.8 Å². The molecule has 2 aliphatic heterocycles. The molecule has 0 bridgehead atoms. The van der Waals surface area contributed by atoms with Crippen molar-refractivity contribution < 1.29 is 14.2 Å². The highest BCUT2D eigenvalue weighted by atomic mass is 16.7. The van der Waals surface area contributed by atoms with Crippen molar-refractivity contribution in [2.24, 2.45) is 0 Å². The van der Waals surface area contributed by atoms with Crippen molar-refractivity contribution in [3.8, 4) is 17.2 Å². The quantitative estimate of drug-likeness (QED) is 0.807. The van der Waals surface area contributed by atoms with Crippen LogP contribution in [-0.2, 0) is 12.8 Å². The molecule has 0 aliphatic carbocycles. The highest BCUT2D eigenvalue weighted by molar-refractivity contribution is 5.51. The minimum Gasteiger partial charge on any atom is -0.494 e. The van der Waals surface area contributed by atoms with E-state index in [4.69, 9.17) is 14.2 Å². The van der Waals surface area contributed by atoms with E-state index in [1.54, 1.807) is 0 Å². The van der Waals surface area contributed by atoms with Crippen LogP contribution in [0, 0.1) is 0 Å². The van der Waals surface area contributed by atoms with Gasteiger partial charge in [-0.3, -0.25) is 0 Å². The van der Waals surface area contributed by atoms with Crippen LogP contribution in [0.1, 0.15) is 42.5 Å². The van der Waals surface area contributed by atoms with E-state index in [0.717, 1.165) is 56.1 Å². The second kappa shape index (κ2) is 7.36. The van der Waals surface area contributed by atoms with Crippen LogP contribution in [0.3, 0.4) is 0 Å². The number of ether oxygens (including phenoxy) is 3. The molecule has 2 aromatic carbocycles. The summed E-state index contributed by atoms with van der Waals surface area (Å²) in [5, 5.41) is 3.64. The van der Waals surface area contributed by atoms with Crippen LogP contribution in [0.5, 0.6) is 17.2 Å². The van der Waals surface area contributed by atoms with Crippen LogP contribution in [-0.4, -0.2) is 19.9 Å².